The maximum absolute atomic E-state index is 12.7. The smallest absolute Gasteiger partial charge is 0.227 e. The van der Waals surface area contributed by atoms with E-state index in [1.165, 1.54) is 7.05 Å². The van der Waals surface area contributed by atoms with E-state index >= 15 is 0 Å². The average molecular weight is 413 g/mol. The summed E-state index contributed by atoms with van der Waals surface area (Å²) in [6, 6.07) is 9.93. The first-order valence-corrected chi connectivity index (χ1v) is 10.8. The molecule has 0 aliphatic carbocycles. The molecule has 1 aromatic carbocycles. The van der Waals surface area contributed by atoms with Gasteiger partial charge in [-0.05, 0) is 39.3 Å². The molecule has 0 spiro atoms. The highest BCUT2D eigenvalue weighted by Gasteiger charge is 2.35. The van der Waals surface area contributed by atoms with Crippen LogP contribution in [0.25, 0.3) is 0 Å². The Morgan fingerprint density at radius 3 is 2.53 bits per heavy atom. The van der Waals surface area contributed by atoms with Crippen LogP contribution in [0.3, 0.4) is 0 Å². The summed E-state index contributed by atoms with van der Waals surface area (Å²) in [7, 11) is 1.50. The number of aliphatic imine (C=N–C) groups is 1. The Morgan fingerprint density at radius 1 is 1.30 bits per heavy atom. The number of nitrogens with zero attached hydrogens (tertiary/aromatic N) is 2. The van der Waals surface area contributed by atoms with Crippen molar-refractivity contribution >= 4 is 11.7 Å². The van der Waals surface area contributed by atoms with E-state index < -0.39 is 0 Å². The highest BCUT2D eigenvalue weighted by atomic mass is 16.2. The molecule has 0 radical (unpaired) electrons. The van der Waals surface area contributed by atoms with Crippen LogP contribution in [0.1, 0.15) is 47.5 Å². The van der Waals surface area contributed by atoms with Gasteiger partial charge in [-0.2, -0.15) is 0 Å². The number of hydrogen-bond acceptors (Lipinski definition) is 4. The van der Waals surface area contributed by atoms with E-state index in [1.807, 2.05) is 69.1 Å². The minimum atomic E-state index is 0. The largest absolute Gasteiger partial charge is 0.346 e. The van der Waals surface area contributed by atoms with Gasteiger partial charge in [0.15, 0.2) is 0 Å². The van der Waals surface area contributed by atoms with Crippen LogP contribution in [0.5, 0.6) is 0 Å². The summed E-state index contributed by atoms with van der Waals surface area (Å²) in [6.07, 6.45) is 8.42. The van der Waals surface area contributed by atoms with E-state index in [2.05, 4.69) is 34.8 Å². The number of amides is 1. The zero-order valence-corrected chi connectivity index (χ0v) is 19.2. The fourth-order valence-corrected chi connectivity index (χ4v) is 3.27. The van der Waals surface area contributed by atoms with Gasteiger partial charge >= 0.3 is 0 Å². The molecule has 2 heterocycles. The molecule has 1 amide bonds. The molecule has 1 aromatic rings. The molecule has 5 heteroatoms. The maximum atomic E-state index is 12.7. The lowest BCUT2D eigenvalue weighted by Gasteiger charge is -2.41. The van der Waals surface area contributed by atoms with E-state index in [0.29, 0.717) is 12.3 Å². The van der Waals surface area contributed by atoms with Crippen molar-refractivity contribution in [3.05, 3.63) is 72.1 Å². The Bertz CT molecular complexity index is 771. The van der Waals surface area contributed by atoms with Crippen LogP contribution >= 0.6 is 0 Å². The van der Waals surface area contributed by atoms with Crippen LogP contribution < -0.4 is 11.1 Å². The van der Waals surface area contributed by atoms with E-state index in [9.17, 15) is 4.79 Å². The molecule has 0 saturated carbocycles. The summed E-state index contributed by atoms with van der Waals surface area (Å²) in [6.45, 7) is 12.9. The standard InChI is InChI=1S/C22H27N3O.C2H6.CH5N.H2/c1-16(2)19-10-9-17(3)24-22(23-13-11-19)20-12-14-25(20)21(26)15-18-7-5-4-6-8-18;2*1-2;/h4-9,11,13,19-20H,1,10,12,14-15H2,2-3H3,(H,23,24);1-2H3;2H2,1H3;1H/b13-11+,17-9+;;;/t19?,20-;;;/m0.../s1. The van der Waals surface area contributed by atoms with Gasteiger partial charge in [-0.1, -0.05) is 68.5 Å². The number of amidine groups is 1. The number of allylic oxidation sites excluding steroid dienone is 4. The van der Waals surface area contributed by atoms with Gasteiger partial charge in [-0.3, -0.25) is 4.79 Å². The Hall–Kier alpha value is -2.66. The highest BCUT2D eigenvalue weighted by molar-refractivity contribution is 5.94. The van der Waals surface area contributed by atoms with Crippen molar-refractivity contribution in [2.45, 2.75) is 53.0 Å². The highest BCUT2D eigenvalue weighted by Crippen LogP contribution is 2.22. The van der Waals surface area contributed by atoms with Crippen LogP contribution in [0.15, 0.2) is 71.5 Å². The number of hydrogen-bond donors (Lipinski definition) is 2. The molecule has 30 heavy (non-hydrogen) atoms. The first-order chi connectivity index (χ1) is 14.5. The quantitative estimate of drug-likeness (QED) is 0.706. The fourth-order valence-electron chi connectivity index (χ4n) is 3.27. The Labute approximate surface area is 183 Å². The van der Waals surface area contributed by atoms with E-state index in [0.717, 1.165) is 42.1 Å². The van der Waals surface area contributed by atoms with Crippen molar-refractivity contribution in [1.82, 2.24) is 10.2 Å². The van der Waals surface area contributed by atoms with Crippen LogP contribution in [-0.2, 0) is 11.2 Å². The number of benzene rings is 1. The molecule has 166 valence electrons. The van der Waals surface area contributed by atoms with E-state index in [1.54, 1.807) is 0 Å². The summed E-state index contributed by atoms with van der Waals surface area (Å²) < 4.78 is 0. The third kappa shape index (κ3) is 7.30. The van der Waals surface area contributed by atoms with Gasteiger partial charge < -0.3 is 16.0 Å². The summed E-state index contributed by atoms with van der Waals surface area (Å²) in [5.41, 5.74) is 7.75. The van der Waals surface area contributed by atoms with Crippen molar-refractivity contribution in [2.24, 2.45) is 16.6 Å². The third-order valence-electron chi connectivity index (χ3n) is 5.02. The topological polar surface area (TPSA) is 70.7 Å². The summed E-state index contributed by atoms with van der Waals surface area (Å²) in [5, 5.41) is 3.41. The predicted octanol–water partition coefficient (Wildman–Crippen LogP) is 4.68. The lowest BCUT2D eigenvalue weighted by molar-refractivity contribution is -0.135. The normalized spacial score (nSPS) is 22.9. The second kappa shape index (κ2) is 13.5. The van der Waals surface area contributed by atoms with Crippen molar-refractivity contribution < 1.29 is 6.22 Å². The van der Waals surface area contributed by atoms with Gasteiger partial charge in [0.1, 0.15) is 5.84 Å². The molecule has 1 fully saturated rings. The monoisotopic (exact) mass is 412 g/mol. The molecular weight excluding hydrogens is 372 g/mol. The van der Waals surface area contributed by atoms with E-state index in [-0.39, 0.29) is 13.4 Å². The zero-order chi connectivity index (χ0) is 22.5. The second-order valence-corrected chi connectivity index (χ2v) is 7.11. The van der Waals surface area contributed by atoms with Crippen molar-refractivity contribution in [2.75, 3.05) is 13.6 Å². The summed E-state index contributed by atoms with van der Waals surface area (Å²) >= 11 is 0. The molecule has 2 atom stereocenters. The number of nitrogens with one attached hydrogen (secondary N) is 1. The van der Waals surface area contributed by atoms with Crippen molar-refractivity contribution in [3.8, 4) is 0 Å². The molecule has 3 rings (SSSR count). The SMILES string of the molecule is C=C(C)C1/C=C/N=C([C@@H]2CCN2C(=O)Cc2ccccc2)N/C(C)=C/C1.CC.CN.[HH]. The van der Waals surface area contributed by atoms with E-state index in [4.69, 9.17) is 0 Å². The minimum Gasteiger partial charge on any atom is -0.346 e. The first-order valence-electron chi connectivity index (χ1n) is 10.8. The number of likely N-dealkylation sites (tertiary alicyclic amines) is 1. The van der Waals surface area contributed by atoms with Gasteiger partial charge in [0, 0.05) is 25.8 Å². The maximum Gasteiger partial charge on any atom is 0.227 e. The van der Waals surface area contributed by atoms with Crippen LogP contribution in [0.2, 0.25) is 0 Å². The Kier molecular flexibility index (Phi) is 11.5. The summed E-state index contributed by atoms with van der Waals surface area (Å²) in [5.74, 6) is 1.30. The average Bonchev–Trinajstić information content (AvgIpc) is 2.81. The Morgan fingerprint density at radius 2 is 1.97 bits per heavy atom. The third-order valence-corrected chi connectivity index (χ3v) is 5.02. The number of nitrogens with two attached hydrogens (primary N) is 1. The summed E-state index contributed by atoms with van der Waals surface area (Å²) in [4.78, 5) is 19.3. The number of carbonyl (C=O) groups is 1. The van der Waals surface area contributed by atoms with Crippen LogP contribution in [-0.4, -0.2) is 36.3 Å². The lowest BCUT2D eigenvalue weighted by Crippen LogP contribution is -2.58. The van der Waals surface area contributed by atoms with Crippen molar-refractivity contribution in [1.29, 1.82) is 0 Å². The van der Waals surface area contributed by atoms with Gasteiger partial charge in [0.05, 0.1) is 12.5 Å². The number of carbonyl (C=O) groups excluding carboxylic acids is 1. The molecule has 3 N–H and O–H groups in total. The zero-order valence-electron chi connectivity index (χ0n) is 19.2. The minimum absolute atomic E-state index is 0. The predicted molar refractivity (Wildman–Crippen MR) is 130 cm³/mol. The molecule has 2 aliphatic rings. The van der Waals surface area contributed by atoms with Crippen LogP contribution in [0, 0.1) is 5.92 Å². The van der Waals surface area contributed by atoms with Gasteiger partial charge in [-0.25, -0.2) is 4.99 Å². The first kappa shape index (κ1) is 25.4. The Balaban J connectivity index is 0.00000170. The molecule has 1 saturated heterocycles. The molecule has 0 aromatic heterocycles. The lowest BCUT2D eigenvalue weighted by atomic mass is 9.97. The second-order valence-electron chi connectivity index (χ2n) is 7.11. The van der Waals surface area contributed by atoms with Crippen molar-refractivity contribution in [3.63, 3.8) is 0 Å². The molecule has 5 nitrogen and oxygen atoms in total. The number of rotatable bonds is 4. The van der Waals surface area contributed by atoms with Gasteiger partial charge in [0.25, 0.3) is 0 Å². The fraction of sp³-hybridized carbons (Fsp3) is 0.440. The molecule has 2 aliphatic heterocycles. The molecule has 0 bridgehead atoms. The van der Waals surface area contributed by atoms with Gasteiger partial charge in [-0.15, -0.1) is 0 Å². The molecular formula is C25H40N4O. The van der Waals surface area contributed by atoms with Gasteiger partial charge in [0.2, 0.25) is 5.91 Å². The van der Waals surface area contributed by atoms with Crippen LogP contribution in [0.4, 0.5) is 0 Å². The molecule has 1 unspecified atom stereocenters.